The van der Waals surface area contributed by atoms with Crippen molar-refractivity contribution in [3.05, 3.63) is 25.3 Å². The number of methoxy groups -OCH3 is 1. The molecule has 0 bridgehead atoms. The smallest absolute Gasteiger partial charge is 0.308 e. The zero-order valence-electron chi connectivity index (χ0n) is 8.29. The highest BCUT2D eigenvalue weighted by molar-refractivity contribution is 5.72. The van der Waals surface area contributed by atoms with Crippen molar-refractivity contribution in [2.24, 2.45) is 5.92 Å². The monoisotopic (exact) mass is 182 g/mol. The summed E-state index contributed by atoms with van der Waals surface area (Å²) in [5.74, 6) is -0.161. The van der Waals surface area contributed by atoms with Crippen molar-refractivity contribution in [1.82, 2.24) is 0 Å². The number of hydrogen-bond donors (Lipinski definition) is 0. The molecule has 0 spiro atoms. The molecule has 0 amide bonds. The van der Waals surface area contributed by atoms with E-state index in [9.17, 15) is 4.79 Å². The van der Waals surface area contributed by atoms with E-state index in [0.29, 0.717) is 6.42 Å². The number of esters is 1. The summed E-state index contributed by atoms with van der Waals surface area (Å²) in [5, 5.41) is 0. The third-order valence-electron chi connectivity index (χ3n) is 1.95. The highest BCUT2D eigenvalue weighted by Crippen LogP contribution is 2.14. The van der Waals surface area contributed by atoms with Gasteiger partial charge < -0.3 is 4.74 Å². The quantitative estimate of drug-likeness (QED) is 0.344. The molecule has 0 aromatic heterocycles. The Kier molecular flexibility index (Phi) is 6.98. The Labute approximate surface area is 80.3 Å². The van der Waals surface area contributed by atoms with Crippen LogP contribution in [-0.2, 0) is 9.53 Å². The molecule has 0 aliphatic carbocycles. The molecule has 0 fully saturated rings. The van der Waals surface area contributed by atoms with Crippen molar-refractivity contribution in [3.8, 4) is 0 Å². The summed E-state index contributed by atoms with van der Waals surface area (Å²) in [7, 11) is 1.42. The molecule has 0 aromatic rings. The zero-order valence-corrected chi connectivity index (χ0v) is 8.29. The fourth-order valence-electron chi connectivity index (χ4n) is 1.21. The molecule has 13 heavy (non-hydrogen) atoms. The fraction of sp³-hybridized carbons (Fsp3) is 0.545. The van der Waals surface area contributed by atoms with Crippen LogP contribution in [-0.4, -0.2) is 13.1 Å². The molecule has 0 aromatic carbocycles. The van der Waals surface area contributed by atoms with Crippen LogP contribution < -0.4 is 0 Å². The average molecular weight is 182 g/mol. The number of hydrogen-bond acceptors (Lipinski definition) is 2. The largest absolute Gasteiger partial charge is 0.469 e. The first-order chi connectivity index (χ1) is 6.26. The number of allylic oxidation sites excluding steroid dienone is 2. The maximum absolute atomic E-state index is 11.2. The first-order valence-corrected chi connectivity index (χ1v) is 4.55. The van der Waals surface area contributed by atoms with Crippen molar-refractivity contribution in [1.29, 1.82) is 0 Å². The van der Waals surface area contributed by atoms with Gasteiger partial charge in [-0.05, 0) is 25.7 Å². The van der Waals surface area contributed by atoms with Gasteiger partial charge in [0, 0.05) is 0 Å². The van der Waals surface area contributed by atoms with Gasteiger partial charge in [0.15, 0.2) is 0 Å². The summed E-state index contributed by atoms with van der Waals surface area (Å²) < 4.78 is 4.68. The third-order valence-corrected chi connectivity index (χ3v) is 1.95. The molecule has 0 saturated heterocycles. The normalized spacial score (nSPS) is 11.8. The van der Waals surface area contributed by atoms with Crippen LogP contribution in [0.5, 0.6) is 0 Å². The lowest BCUT2D eigenvalue weighted by Gasteiger charge is -2.11. The number of unbranched alkanes of at least 4 members (excludes halogenated alkanes) is 1. The maximum atomic E-state index is 11.2. The average Bonchev–Trinajstić information content (AvgIpc) is 2.16. The molecule has 0 heterocycles. The summed E-state index contributed by atoms with van der Waals surface area (Å²) in [4.78, 5) is 11.2. The molecule has 0 saturated carbocycles. The van der Waals surface area contributed by atoms with Crippen LogP contribution in [0.15, 0.2) is 25.3 Å². The molecule has 0 rings (SSSR count). The number of carbonyl (C=O) groups excluding carboxylic acids is 1. The van der Waals surface area contributed by atoms with Gasteiger partial charge in [0.05, 0.1) is 13.0 Å². The Morgan fingerprint density at radius 1 is 1.46 bits per heavy atom. The topological polar surface area (TPSA) is 26.3 Å². The number of ether oxygens (including phenoxy) is 1. The van der Waals surface area contributed by atoms with Crippen LogP contribution in [0.1, 0.15) is 25.7 Å². The van der Waals surface area contributed by atoms with E-state index in [0.717, 1.165) is 19.3 Å². The summed E-state index contributed by atoms with van der Waals surface area (Å²) >= 11 is 0. The molecular weight excluding hydrogens is 164 g/mol. The SMILES string of the molecule is C=CCCCC(CC=C)C(=O)OC. The Bertz CT molecular complexity index is 173. The highest BCUT2D eigenvalue weighted by atomic mass is 16.5. The number of rotatable bonds is 7. The third kappa shape index (κ3) is 5.23. The number of carbonyl (C=O) groups is 1. The highest BCUT2D eigenvalue weighted by Gasteiger charge is 2.16. The summed E-state index contributed by atoms with van der Waals surface area (Å²) in [6.07, 6.45) is 7.11. The summed E-state index contributed by atoms with van der Waals surface area (Å²) in [6, 6.07) is 0. The minimum absolute atomic E-state index is 0.0255. The standard InChI is InChI=1S/C11H18O2/c1-4-6-7-9-10(8-5-2)11(12)13-3/h4-5,10H,1-2,6-9H2,3H3. The van der Waals surface area contributed by atoms with Crippen molar-refractivity contribution >= 4 is 5.97 Å². The van der Waals surface area contributed by atoms with Crippen molar-refractivity contribution in [3.63, 3.8) is 0 Å². The molecule has 2 nitrogen and oxygen atoms in total. The molecule has 1 atom stereocenters. The second-order valence-corrected chi connectivity index (χ2v) is 2.96. The van der Waals surface area contributed by atoms with Crippen LogP contribution in [0.4, 0.5) is 0 Å². The van der Waals surface area contributed by atoms with Gasteiger partial charge in [-0.3, -0.25) is 4.79 Å². The van der Waals surface area contributed by atoms with Gasteiger partial charge in [-0.1, -0.05) is 12.2 Å². The molecule has 0 N–H and O–H groups in total. The maximum Gasteiger partial charge on any atom is 0.308 e. The molecular formula is C11H18O2. The van der Waals surface area contributed by atoms with Crippen molar-refractivity contribution in [2.45, 2.75) is 25.7 Å². The van der Waals surface area contributed by atoms with E-state index in [4.69, 9.17) is 0 Å². The van der Waals surface area contributed by atoms with E-state index >= 15 is 0 Å². The van der Waals surface area contributed by atoms with Crippen molar-refractivity contribution < 1.29 is 9.53 Å². The molecule has 74 valence electrons. The van der Waals surface area contributed by atoms with E-state index in [2.05, 4.69) is 17.9 Å². The van der Waals surface area contributed by atoms with Crippen LogP contribution in [0.2, 0.25) is 0 Å². The Balaban J connectivity index is 3.85. The van der Waals surface area contributed by atoms with Gasteiger partial charge in [0.2, 0.25) is 0 Å². The predicted molar refractivity (Wildman–Crippen MR) is 54.4 cm³/mol. The van der Waals surface area contributed by atoms with E-state index in [1.807, 2.05) is 6.08 Å². The van der Waals surface area contributed by atoms with Crippen LogP contribution in [0.25, 0.3) is 0 Å². The van der Waals surface area contributed by atoms with Crippen LogP contribution in [0.3, 0.4) is 0 Å². The van der Waals surface area contributed by atoms with Gasteiger partial charge in [-0.15, -0.1) is 13.2 Å². The lowest BCUT2D eigenvalue weighted by molar-refractivity contribution is -0.145. The van der Waals surface area contributed by atoms with Crippen molar-refractivity contribution in [2.75, 3.05) is 7.11 Å². The van der Waals surface area contributed by atoms with E-state index in [1.54, 1.807) is 6.08 Å². The van der Waals surface area contributed by atoms with E-state index in [1.165, 1.54) is 7.11 Å². The van der Waals surface area contributed by atoms with Gasteiger partial charge in [0.1, 0.15) is 0 Å². The predicted octanol–water partition coefficient (Wildman–Crippen LogP) is 2.71. The van der Waals surface area contributed by atoms with E-state index in [-0.39, 0.29) is 11.9 Å². The Hall–Kier alpha value is -1.05. The molecule has 0 aliphatic rings. The lowest BCUT2D eigenvalue weighted by atomic mass is 9.98. The molecule has 0 aliphatic heterocycles. The Morgan fingerprint density at radius 2 is 2.15 bits per heavy atom. The first kappa shape index (κ1) is 11.9. The second kappa shape index (κ2) is 7.59. The van der Waals surface area contributed by atoms with Crippen LogP contribution >= 0.6 is 0 Å². The van der Waals surface area contributed by atoms with Gasteiger partial charge in [-0.25, -0.2) is 0 Å². The summed E-state index contributed by atoms with van der Waals surface area (Å²) in [6.45, 7) is 7.25. The minimum atomic E-state index is -0.135. The molecule has 2 heteroatoms. The fourth-order valence-corrected chi connectivity index (χ4v) is 1.21. The van der Waals surface area contributed by atoms with Crippen LogP contribution in [0, 0.1) is 5.92 Å². The molecule has 1 unspecified atom stereocenters. The van der Waals surface area contributed by atoms with Gasteiger partial charge in [0.25, 0.3) is 0 Å². The second-order valence-electron chi connectivity index (χ2n) is 2.96. The first-order valence-electron chi connectivity index (χ1n) is 4.55. The minimum Gasteiger partial charge on any atom is -0.469 e. The van der Waals surface area contributed by atoms with E-state index < -0.39 is 0 Å². The lowest BCUT2D eigenvalue weighted by Crippen LogP contribution is -2.15. The summed E-state index contributed by atoms with van der Waals surface area (Å²) in [5.41, 5.74) is 0. The molecule has 0 radical (unpaired) electrons. The zero-order chi connectivity index (χ0) is 10.1. The van der Waals surface area contributed by atoms with Gasteiger partial charge >= 0.3 is 5.97 Å². The Morgan fingerprint density at radius 3 is 2.62 bits per heavy atom. The van der Waals surface area contributed by atoms with Gasteiger partial charge in [-0.2, -0.15) is 0 Å².